The van der Waals surface area contributed by atoms with Gasteiger partial charge in [0.1, 0.15) is 13.2 Å². The number of thioether (sulfide) groups is 1. The second kappa shape index (κ2) is 7.70. The molecule has 1 aromatic heterocycles. The number of H-pyrrole nitrogens is 1. The van der Waals surface area contributed by atoms with Gasteiger partial charge >= 0.3 is 0 Å². The third-order valence-electron chi connectivity index (χ3n) is 3.98. The summed E-state index contributed by atoms with van der Waals surface area (Å²) in [7, 11) is 0. The van der Waals surface area contributed by atoms with Gasteiger partial charge in [-0.25, -0.2) is 4.98 Å². The second-order valence-electron chi connectivity index (χ2n) is 5.92. The third kappa shape index (κ3) is 3.94. The molecule has 26 heavy (non-hydrogen) atoms. The maximum absolute atomic E-state index is 12.1. The van der Waals surface area contributed by atoms with Gasteiger partial charge in [0.25, 0.3) is 0 Å². The minimum absolute atomic E-state index is 0.00751. The Labute approximate surface area is 155 Å². The number of hydrogen-bond donors (Lipinski definition) is 2. The van der Waals surface area contributed by atoms with Crippen LogP contribution in [-0.4, -0.2) is 34.8 Å². The van der Waals surface area contributed by atoms with Crippen LogP contribution >= 0.6 is 11.8 Å². The van der Waals surface area contributed by atoms with Crippen molar-refractivity contribution < 1.29 is 14.3 Å². The Bertz CT molecular complexity index is 892. The lowest BCUT2D eigenvalue weighted by Crippen LogP contribution is -2.16. The van der Waals surface area contributed by atoms with Crippen molar-refractivity contribution in [3.05, 3.63) is 42.5 Å². The van der Waals surface area contributed by atoms with E-state index in [2.05, 4.69) is 15.3 Å². The fourth-order valence-corrected chi connectivity index (χ4v) is 3.57. The number of nitrogens with one attached hydrogen (secondary N) is 2. The van der Waals surface area contributed by atoms with Crippen LogP contribution in [0.4, 0.5) is 5.69 Å². The number of aromatic amines is 1. The molecule has 2 aromatic carbocycles. The molecule has 134 valence electrons. The number of para-hydroxylation sites is 2. The topological polar surface area (TPSA) is 76.2 Å². The molecular weight excluding hydrogens is 350 g/mol. The first-order chi connectivity index (χ1) is 12.8. The molecule has 4 rings (SSSR count). The Morgan fingerprint density at radius 1 is 1.15 bits per heavy atom. The van der Waals surface area contributed by atoms with Gasteiger partial charge in [-0.2, -0.15) is 0 Å². The van der Waals surface area contributed by atoms with Gasteiger partial charge in [0.15, 0.2) is 16.7 Å². The van der Waals surface area contributed by atoms with E-state index in [0.717, 1.165) is 39.8 Å². The highest BCUT2D eigenvalue weighted by molar-refractivity contribution is 7.99. The van der Waals surface area contributed by atoms with Gasteiger partial charge in [-0.1, -0.05) is 23.9 Å². The molecule has 1 amide bonds. The van der Waals surface area contributed by atoms with Crippen LogP contribution in [0.15, 0.2) is 47.6 Å². The summed E-state index contributed by atoms with van der Waals surface area (Å²) in [5.74, 6) is 2.21. The second-order valence-corrected chi connectivity index (χ2v) is 7.00. The summed E-state index contributed by atoms with van der Waals surface area (Å²) in [5, 5.41) is 3.79. The number of nitrogens with zero attached hydrogens (tertiary/aromatic N) is 1. The van der Waals surface area contributed by atoms with Crippen molar-refractivity contribution in [3.8, 4) is 11.5 Å². The van der Waals surface area contributed by atoms with Crippen LogP contribution in [0.25, 0.3) is 11.0 Å². The zero-order chi connectivity index (χ0) is 17.8. The maximum atomic E-state index is 12.1. The molecule has 0 fully saturated rings. The van der Waals surface area contributed by atoms with E-state index >= 15 is 0 Å². The normalized spacial score (nSPS) is 12.9. The molecule has 0 radical (unpaired) electrons. The zero-order valence-electron chi connectivity index (χ0n) is 14.2. The first-order valence-electron chi connectivity index (χ1n) is 8.55. The van der Waals surface area contributed by atoms with Crippen molar-refractivity contribution in [1.82, 2.24) is 9.97 Å². The van der Waals surface area contributed by atoms with Crippen molar-refractivity contribution in [2.75, 3.05) is 24.3 Å². The average Bonchev–Trinajstić information content (AvgIpc) is 3.08. The predicted molar refractivity (Wildman–Crippen MR) is 102 cm³/mol. The maximum Gasteiger partial charge on any atom is 0.224 e. The summed E-state index contributed by atoms with van der Waals surface area (Å²) in [5.41, 5.74) is 2.72. The van der Waals surface area contributed by atoms with Gasteiger partial charge in [0.2, 0.25) is 5.91 Å². The first-order valence-corrected chi connectivity index (χ1v) is 9.53. The van der Waals surface area contributed by atoms with Gasteiger partial charge in [-0.05, 0) is 30.7 Å². The molecule has 6 nitrogen and oxygen atoms in total. The van der Waals surface area contributed by atoms with E-state index in [9.17, 15) is 4.79 Å². The number of aromatic nitrogens is 2. The van der Waals surface area contributed by atoms with Gasteiger partial charge in [-0.15, -0.1) is 0 Å². The molecular formula is C19H19N3O3S. The lowest BCUT2D eigenvalue weighted by Gasteiger charge is -2.19. The molecule has 1 aliphatic heterocycles. The number of ether oxygens (including phenoxy) is 2. The van der Waals surface area contributed by atoms with Crippen LogP contribution < -0.4 is 14.8 Å². The van der Waals surface area contributed by atoms with E-state index < -0.39 is 0 Å². The number of rotatable bonds is 6. The molecule has 0 unspecified atom stereocenters. The van der Waals surface area contributed by atoms with E-state index in [1.807, 2.05) is 36.4 Å². The van der Waals surface area contributed by atoms with Crippen LogP contribution in [0.3, 0.4) is 0 Å². The summed E-state index contributed by atoms with van der Waals surface area (Å²) in [6.45, 7) is 1.09. The molecule has 0 spiro atoms. The van der Waals surface area contributed by atoms with E-state index in [1.165, 1.54) is 0 Å². The first kappa shape index (κ1) is 16.8. The molecule has 3 aromatic rings. The van der Waals surface area contributed by atoms with Crippen molar-refractivity contribution >= 4 is 34.4 Å². The molecule has 2 heterocycles. The number of benzene rings is 2. The molecule has 2 N–H and O–H groups in total. The minimum Gasteiger partial charge on any atom is -0.486 e. The summed E-state index contributed by atoms with van der Waals surface area (Å²) in [4.78, 5) is 19.9. The fraction of sp³-hybridized carbons (Fsp3) is 0.263. The van der Waals surface area contributed by atoms with Crippen LogP contribution in [0.2, 0.25) is 0 Å². The Morgan fingerprint density at radius 3 is 2.88 bits per heavy atom. The number of amides is 1. The Hall–Kier alpha value is -2.67. The highest BCUT2D eigenvalue weighted by atomic mass is 32.2. The zero-order valence-corrected chi connectivity index (χ0v) is 15.0. The van der Waals surface area contributed by atoms with Crippen LogP contribution in [0.5, 0.6) is 11.5 Å². The molecule has 0 saturated carbocycles. The van der Waals surface area contributed by atoms with Crippen LogP contribution in [-0.2, 0) is 4.79 Å². The van der Waals surface area contributed by atoms with Crippen LogP contribution in [0, 0.1) is 0 Å². The summed E-state index contributed by atoms with van der Waals surface area (Å²) in [6.07, 6.45) is 1.24. The molecule has 0 aliphatic carbocycles. The van der Waals surface area contributed by atoms with E-state index in [0.29, 0.717) is 25.4 Å². The van der Waals surface area contributed by atoms with E-state index in [-0.39, 0.29) is 5.91 Å². The Morgan fingerprint density at radius 2 is 2.00 bits per heavy atom. The van der Waals surface area contributed by atoms with E-state index in [4.69, 9.17) is 9.47 Å². The smallest absolute Gasteiger partial charge is 0.224 e. The summed E-state index contributed by atoms with van der Waals surface area (Å²) < 4.78 is 11.0. The molecule has 0 atom stereocenters. The van der Waals surface area contributed by atoms with Crippen molar-refractivity contribution in [2.45, 2.75) is 18.0 Å². The lowest BCUT2D eigenvalue weighted by atomic mass is 10.2. The summed E-state index contributed by atoms with van der Waals surface area (Å²) in [6, 6.07) is 13.4. The van der Waals surface area contributed by atoms with Gasteiger partial charge in [0, 0.05) is 23.9 Å². The molecule has 0 saturated heterocycles. The van der Waals surface area contributed by atoms with Crippen LogP contribution in [0.1, 0.15) is 12.8 Å². The molecule has 1 aliphatic rings. The highest BCUT2D eigenvalue weighted by Crippen LogP contribution is 2.32. The number of fused-ring (bicyclic) bond motifs is 2. The minimum atomic E-state index is -0.00751. The van der Waals surface area contributed by atoms with Gasteiger partial charge in [-0.3, -0.25) is 4.79 Å². The lowest BCUT2D eigenvalue weighted by molar-refractivity contribution is -0.116. The van der Waals surface area contributed by atoms with Crippen molar-refractivity contribution in [2.24, 2.45) is 0 Å². The van der Waals surface area contributed by atoms with Gasteiger partial charge in [0.05, 0.1) is 11.0 Å². The number of imidazole rings is 1. The highest BCUT2D eigenvalue weighted by Gasteiger charge is 2.12. The Balaban J connectivity index is 1.24. The monoisotopic (exact) mass is 369 g/mol. The number of hydrogen-bond acceptors (Lipinski definition) is 5. The van der Waals surface area contributed by atoms with Crippen molar-refractivity contribution in [3.63, 3.8) is 0 Å². The third-order valence-corrected chi connectivity index (χ3v) is 4.94. The van der Waals surface area contributed by atoms with Crippen molar-refractivity contribution in [1.29, 1.82) is 0 Å². The predicted octanol–water partition coefficient (Wildman–Crippen LogP) is 3.85. The average molecular weight is 369 g/mol. The Kier molecular flexibility index (Phi) is 4.97. The molecule has 7 heteroatoms. The molecule has 0 bridgehead atoms. The number of anilines is 1. The van der Waals surface area contributed by atoms with Gasteiger partial charge < -0.3 is 19.8 Å². The summed E-state index contributed by atoms with van der Waals surface area (Å²) >= 11 is 1.63. The fourth-order valence-electron chi connectivity index (χ4n) is 2.74. The standard InChI is InChI=1S/C19H19N3O3S/c23-18(20-13-7-8-16-17(12-13)25-10-9-24-16)6-3-11-26-19-21-14-4-1-2-5-15(14)22-19/h1-2,4-5,7-8,12H,3,6,9-11H2,(H,20,23)(H,21,22). The SMILES string of the molecule is O=C(CCCSc1nc2ccccc2[nH]1)Nc1ccc2c(c1)OCCO2. The largest absolute Gasteiger partial charge is 0.486 e. The van der Waals surface area contributed by atoms with E-state index in [1.54, 1.807) is 17.8 Å². The number of carbonyl (C=O) groups is 1. The quantitative estimate of drug-likeness (QED) is 0.510. The number of carbonyl (C=O) groups excluding carboxylic acids is 1.